The maximum atomic E-state index is 5.92. The predicted octanol–water partition coefficient (Wildman–Crippen LogP) is 0.866. The fraction of sp³-hybridized carbons (Fsp3) is 1.00. The average molecular weight is 254 g/mol. The molecule has 2 bridgehead atoms. The smallest absolute Gasteiger partial charge is 0.0707 e. The number of morpholine rings is 1. The molecule has 3 atom stereocenters. The molecule has 3 heterocycles. The van der Waals surface area contributed by atoms with Crippen LogP contribution in [0.5, 0.6) is 0 Å². The van der Waals surface area contributed by atoms with Gasteiger partial charge in [0.2, 0.25) is 0 Å². The molecule has 18 heavy (non-hydrogen) atoms. The van der Waals surface area contributed by atoms with Gasteiger partial charge in [0.25, 0.3) is 0 Å². The molecule has 0 radical (unpaired) electrons. The number of ether oxygens (including phenoxy) is 2. The van der Waals surface area contributed by atoms with Crippen LogP contribution >= 0.6 is 0 Å². The van der Waals surface area contributed by atoms with Gasteiger partial charge in [-0.1, -0.05) is 6.92 Å². The summed E-state index contributed by atoms with van der Waals surface area (Å²) in [6.45, 7) is 9.62. The first kappa shape index (κ1) is 12.9. The van der Waals surface area contributed by atoms with Gasteiger partial charge in [-0.3, -0.25) is 4.90 Å². The van der Waals surface area contributed by atoms with Crippen LogP contribution in [0.1, 0.15) is 26.2 Å². The average Bonchev–Trinajstić information content (AvgIpc) is 2.95. The molecule has 3 saturated heterocycles. The molecule has 0 saturated carbocycles. The van der Waals surface area contributed by atoms with Gasteiger partial charge in [0, 0.05) is 38.2 Å². The molecule has 3 aliphatic heterocycles. The molecule has 4 nitrogen and oxygen atoms in total. The summed E-state index contributed by atoms with van der Waals surface area (Å²) in [5.41, 5.74) is 0.340. The van der Waals surface area contributed by atoms with Crippen molar-refractivity contribution in [2.75, 3.05) is 45.9 Å². The van der Waals surface area contributed by atoms with Gasteiger partial charge in [0.1, 0.15) is 0 Å². The van der Waals surface area contributed by atoms with Crippen molar-refractivity contribution >= 4 is 0 Å². The summed E-state index contributed by atoms with van der Waals surface area (Å²) in [7, 11) is 0. The number of nitrogens with one attached hydrogen (secondary N) is 1. The fourth-order valence-electron chi connectivity index (χ4n) is 3.66. The minimum Gasteiger partial charge on any atom is -0.381 e. The number of likely N-dealkylation sites (tertiary alicyclic amines) is 1. The molecule has 3 fully saturated rings. The van der Waals surface area contributed by atoms with E-state index >= 15 is 0 Å². The third-order valence-corrected chi connectivity index (χ3v) is 4.61. The highest BCUT2D eigenvalue weighted by atomic mass is 16.5. The lowest BCUT2D eigenvalue weighted by Crippen LogP contribution is -2.50. The van der Waals surface area contributed by atoms with Crippen molar-refractivity contribution in [3.8, 4) is 0 Å². The number of hydrogen-bond donors (Lipinski definition) is 1. The normalized spacial score (nSPS) is 40.5. The number of rotatable bonds is 5. The molecule has 0 amide bonds. The third kappa shape index (κ3) is 2.72. The molecular weight excluding hydrogens is 228 g/mol. The maximum Gasteiger partial charge on any atom is 0.0707 e. The van der Waals surface area contributed by atoms with Crippen molar-refractivity contribution in [2.45, 2.75) is 38.4 Å². The van der Waals surface area contributed by atoms with Crippen LogP contribution in [0.3, 0.4) is 0 Å². The van der Waals surface area contributed by atoms with E-state index in [9.17, 15) is 0 Å². The Balaban J connectivity index is 1.58. The molecule has 0 aromatic heterocycles. The molecule has 4 heteroatoms. The summed E-state index contributed by atoms with van der Waals surface area (Å²) < 4.78 is 11.6. The SMILES string of the molecule is CCNCC1(CN2CC3CCC(C2)O3)CCOC1. The summed E-state index contributed by atoms with van der Waals surface area (Å²) in [4.78, 5) is 2.62. The zero-order valence-electron chi connectivity index (χ0n) is 11.5. The van der Waals surface area contributed by atoms with Crippen molar-refractivity contribution in [1.29, 1.82) is 0 Å². The molecule has 0 aromatic carbocycles. The molecule has 104 valence electrons. The maximum absolute atomic E-state index is 5.92. The molecule has 0 spiro atoms. The van der Waals surface area contributed by atoms with E-state index in [2.05, 4.69) is 17.1 Å². The fourth-order valence-corrected chi connectivity index (χ4v) is 3.66. The van der Waals surface area contributed by atoms with Gasteiger partial charge in [-0.25, -0.2) is 0 Å². The lowest BCUT2D eigenvalue weighted by molar-refractivity contribution is -0.0511. The van der Waals surface area contributed by atoms with Crippen LogP contribution in [0.4, 0.5) is 0 Å². The Labute approximate surface area is 110 Å². The Morgan fingerprint density at radius 2 is 2.06 bits per heavy atom. The Morgan fingerprint density at radius 1 is 1.28 bits per heavy atom. The van der Waals surface area contributed by atoms with Crippen LogP contribution in [0.25, 0.3) is 0 Å². The van der Waals surface area contributed by atoms with E-state index in [-0.39, 0.29) is 0 Å². The molecule has 1 N–H and O–H groups in total. The number of fused-ring (bicyclic) bond motifs is 2. The van der Waals surface area contributed by atoms with E-state index in [4.69, 9.17) is 9.47 Å². The van der Waals surface area contributed by atoms with Gasteiger partial charge in [-0.15, -0.1) is 0 Å². The first-order chi connectivity index (χ1) is 8.80. The predicted molar refractivity (Wildman–Crippen MR) is 70.7 cm³/mol. The molecule has 3 unspecified atom stereocenters. The molecule has 0 aliphatic carbocycles. The van der Waals surface area contributed by atoms with Gasteiger partial charge >= 0.3 is 0 Å². The van der Waals surface area contributed by atoms with E-state index < -0.39 is 0 Å². The summed E-state index contributed by atoms with van der Waals surface area (Å²) in [5.74, 6) is 0. The Bertz CT molecular complexity index is 267. The van der Waals surface area contributed by atoms with Gasteiger partial charge in [-0.2, -0.15) is 0 Å². The first-order valence-corrected chi connectivity index (χ1v) is 7.46. The number of hydrogen-bond acceptors (Lipinski definition) is 4. The monoisotopic (exact) mass is 254 g/mol. The highest BCUT2D eigenvalue weighted by Crippen LogP contribution is 2.33. The van der Waals surface area contributed by atoms with Gasteiger partial charge in [0.05, 0.1) is 18.8 Å². The van der Waals surface area contributed by atoms with Gasteiger partial charge < -0.3 is 14.8 Å². The second kappa shape index (κ2) is 5.45. The highest BCUT2D eigenvalue weighted by Gasteiger charge is 2.40. The van der Waals surface area contributed by atoms with Crippen LogP contribution in [-0.4, -0.2) is 63.0 Å². The van der Waals surface area contributed by atoms with Crippen LogP contribution in [0.15, 0.2) is 0 Å². The first-order valence-electron chi connectivity index (χ1n) is 7.46. The van der Waals surface area contributed by atoms with Crippen LogP contribution in [-0.2, 0) is 9.47 Å². The van der Waals surface area contributed by atoms with E-state index in [1.54, 1.807) is 0 Å². The summed E-state index contributed by atoms with van der Waals surface area (Å²) in [6.07, 6.45) is 4.73. The minimum atomic E-state index is 0.340. The van der Waals surface area contributed by atoms with Crippen molar-refractivity contribution in [2.24, 2.45) is 5.41 Å². The van der Waals surface area contributed by atoms with Gasteiger partial charge in [0.15, 0.2) is 0 Å². The van der Waals surface area contributed by atoms with Gasteiger partial charge in [-0.05, 0) is 25.8 Å². The lowest BCUT2D eigenvalue weighted by Gasteiger charge is -2.38. The van der Waals surface area contributed by atoms with E-state index in [1.807, 2.05) is 0 Å². The zero-order valence-corrected chi connectivity index (χ0v) is 11.5. The Morgan fingerprint density at radius 3 is 2.67 bits per heavy atom. The van der Waals surface area contributed by atoms with Crippen molar-refractivity contribution in [1.82, 2.24) is 10.2 Å². The summed E-state index contributed by atoms with van der Waals surface area (Å²) in [5, 5.41) is 3.52. The summed E-state index contributed by atoms with van der Waals surface area (Å²) >= 11 is 0. The molecule has 0 aromatic rings. The van der Waals surface area contributed by atoms with Crippen LogP contribution in [0.2, 0.25) is 0 Å². The van der Waals surface area contributed by atoms with Crippen molar-refractivity contribution in [3.05, 3.63) is 0 Å². The highest BCUT2D eigenvalue weighted by molar-refractivity contribution is 4.92. The van der Waals surface area contributed by atoms with E-state index in [1.165, 1.54) is 25.8 Å². The second-order valence-electron chi connectivity index (χ2n) is 6.23. The minimum absolute atomic E-state index is 0.340. The Hall–Kier alpha value is -0.160. The molecule has 3 rings (SSSR count). The van der Waals surface area contributed by atoms with Crippen LogP contribution in [0, 0.1) is 5.41 Å². The largest absolute Gasteiger partial charge is 0.381 e. The second-order valence-corrected chi connectivity index (χ2v) is 6.23. The molecular formula is C14H26N2O2. The lowest BCUT2D eigenvalue weighted by atomic mass is 9.86. The van der Waals surface area contributed by atoms with Crippen molar-refractivity contribution < 1.29 is 9.47 Å². The quantitative estimate of drug-likeness (QED) is 0.789. The van der Waals surface area contributed by atoms with E-state index in [0.717, 1.165) is 39.4 Å². The summed E-state index contributed by atoms with van der Waals surface area (Å²) in [6, 6.07) is 0. The number of nitrogens with zero attached hydrogens (tertiary/aromatic N) is 1. The standard InChI is InChI=1S/C14H26N2O2/c1-2-15-9-14(5-6-17-11-14)10-16-7-12-3-4-13(8-16)18-12/h12-13,15H,2-11H2,1H3. The van der Waals surface area contributed by atoms with Crippen molar-refractivity contribution in [3.63, 3.8) is 0 Å². The molecule has 3 aliphatic rings. The van der Waals surface area contributed by atoms with Crippen LogP contribution < -0.4 is 5.32 Å². The zero-order chi connectivity index (χ0) is 12.4. The topological polar surface area (TPSA) is 33.7 Å². The Kier molecular flexibility index (Phi) is 3.89. The third-order valence-electron chi connectivity index (χ3n) is 4.61. The van der Waals surface area contributed by atoms with E-state index in [0.29, 0.717) is 17.6 Å².